The molecule has 1 atom stereocenters. The minimum atomic E-state index is -0.391. The highest BCUT2D eigenvalue weighted by molar-refractivity contribution is 5.96. The molecule has 3 heterocycles. The number of hydrogen-bond donors (Lipinski definition) is 0. The topological polar surface area (TPSA) is 75.2 Å². The molecule has 32 heavy (non-hydrogen) atoms. The SMILES string of the molecule is CCc1cnc(N2CCN(C(=O)c3ccc(N4C(=O)OCC4COC)cc3)CC2)c(C)c1. The first-order valence-corrected chi connectivity index (χ1v) is 11.1. The maximum Gasteiger partial charge on any atom is 0.414 e. The van der Waals surface area contributed by atoms with Crippen molar-refractivity contribution in [3.63, 3.8) is 0 Å². The van der Waals surface area contributed by atoms with Crippen molar-refractivity contribution in [1.29, 1.82) is 0 Å². The third-order valence-corrected chi connectivity index (χ3v) is 6.09. The standard InChI is InChI=1S/C24H30N4O4/c1-4-18-13-17(2)22(25-14-18)26-9-11-27(12-10-26)23(29)19-5-7-20(8-6-19)28-21(15-31-3)16-32-24(28)30/h5-8,13-14,21H,4,9-12,15-16H2,1-3H3. The number of carbonyl (C=O) groups is 2. The Kier molecular flexibility index (Phi) is 6.60. The van der Waals surface area contributed by atoms with Crippen LogP contribution in [0.15, 0.2) is 36.5 Å². The summed E-state index contributed by atoms with van der Waals surface area (Å²) in [5.74, 6) is 1.00. The lowest BCUT2D eigenvalue weighted by atomic mass is 10.1. The van der Waals surface area contributed by atoms with Gasteiger partial charge >= 0.3 is 6.09 Å². The smallest absolute Gasteiger partial charge is 0.414 e. The quantitative estimate of drug-likeness (QED) is 0.690. The number of amides is 2. The molecule has 0 N–H and O–H groups in total. The maximum absolute atomic E-state index is 13.0. The third-order valence-electron chi connectivity index (χ3n) is 6.09. The van der Waals surface area contributed by atoms with E-state index >= 15 is 0 Å². The molecular weight excluding hydrogens is 408 g/mol. The molecule has 8 heteroatoms. The summed E-state index contributed by atoms with van der Waals surface area (Å²) in [7, 11) is 1.60. The van der Waals surface area contributed by atoms with Crippen LogP contribution in [0.3, 0.4) is 0 Å². The molecule has 0 aliphatic carbocycles. The summed E-state index contributed by atoms with van der Waals surface area (Å²) in [6, 6.07) is 9.16. The molecule has 4 rings (SSSR count). The van der Waals surface area contributed by atoms with E-state index in [0.29, 0.717) is 37.6 Å². The number of hydrogen-bond acceptors (Lipinski definition) is 6. The summed E-state index contributed by atoms with van der Waals surface area (Å²) < 4.78 is 10.3. The number of nitrogens with zero attached hydrogens (tertiary/aromatic N) is 4. The minimum Gasteiger partial charge on any atom is -0.447 e. The van der Waals surface area contributed by atoms with Gasteiger partial charge in [-0.3, -0.25) is 9.69 Å². The molecule has 0 saturated carbocycles. The van der Waals surface area contributed by atoms with Crippen LogP contribution in [0.1, 0.15) is 28.4 Å². The van der Waals surface area contributed by atoms with Crippen LogP contribution in [-0.2, 0) is 15.9 Å². The number of aryl methyl sites for hydroxylation is 2. The van der Waals surface area contributed by atoms with Crippen molar-refractivity contribution in [2.45, 2.75) is 26.3 Å². The van der Waals surface area contributed by atoms with E-state index in [-0.39, 0.29) is 11.9 Å². The molecular formula is C24H30N4O4. The number of pyridine rings is 1. The van der Waals surface area contributed by atoms with Gasteiger partial charge in [0, 0.05) is 50.7 Å². The monoisotopic (exact) mass is 438 g/mol. The number of rotatable bonds is 6. The van der Waals surface area contributed by atoms with Crippen molar-refractivity contribution in [1.82, 2.24) is 9.88 Å². The Labute approximate surface area is 188 Å². The molecule has 170 valence electrons. The average molecular weight is 439 g/mol. The number of aromatic nitrogens is 1. The van der Waals surface area contributed by atoms with Gasteiger partial charge in [0.1, 0.15) is 12.4 Å². The van der Waals surface area contributed by atoms with Crippen molar-refractivity contribution in [2.24, 2.45) is 0 Å². The van der Waals surface area contributed by atoms with E-state index in [0.717, 1.165) is 25.3 Å². The zero-order valence-corrected chi connectivity index (χ0v) is 18.9. The summed E-state index contributed by atoms with van der Waals surface area (Å²) in [6.07, 6.45) is 2.52. The summed E-state index contributed by atoms with van der Waals surface area (Å²) in [5, 5.41) is 0. The lowest BCUT2D eigenvalue weighted by Gasteiger charge is -2.36. The number of carbonyl (C=O) groups excluding carboxylic acids is 2. The van der Waals surface area contributed by atoms with Crippen LogP contribution < -0.4 is 9.80 Å². The van der Waals surface area contributed by atoms with Crippen LogP contribution in [0.5, 0.6) is 0 Å². The Morgan fingerprint density at radius 1 is 1.19 bits per heavy atom. The van der Waals surface area contributed by atoms with Crippen molar-refractivity contribution in [3.05, 3.63) is 53.2 Å². The Morgan fingerprint density at radius 2 is 1.91 bits per heavy atom. The first kappa shape index (κ1) is 22.1. The van der Waals surface area contributed by atoms with E-state index < -0.39 is 6.09 Å². The Hall–Kier alpha value is -3.13. The van der Waals surface area contributed by atoms with Gasteiger partial charge < -0.3 is 19.3 Å². The molecule has 2 fully saturated rings. The number of methoxy groups -OCH3 is 1. The van der Waals surface area contributed by atoms with Gasteiger partial charge in [-0.2, -0.15) is 0 Å². The van der Waals surface area contributed by atoms with Crippen LogP contribution in [0.4, 0.5) is 16.3 Å². The molecule has 0 bridgehead atoms. The summed E-state index contributed by atoms with van der Waals surface area (Å²) in [6.45, 7) is 7.70. The predicted molar refractivity (Wildman–Crippen MR) is 122 cm³/mol. The molecule has 1 aromatic heterocycles. The van der Waals surface area contributed by atoms with Gasteiger partial charge in [0.05, 0.1) is 12.6 Å². The van der Waals surface area contributed by atoms with Crippen molar-refractivity contribution in [2.75, 3.05) is 56.3 Å². The molecule has 2 aromatic rings. The van der Waals surface area contributed by atoms with Gasteiger partial charge in [0.25, 0.3) is 5.91 Å². The van der Waals surface area contributed by atoms with Gasteiger partial charge in [-0.1, -0.05) is 13.0 Å². The Balaban J connectivity index is 1.39. The highest BCUT2D eigenvalue weighted by atomic mass is 16.6. The zero-order chi connectivity index (χ0) is 22.7. The van der Waals surface area contributed by atoms with E-state index in [1.165, 1.54) is 11.1 Å². The van der Waals surface area contributed by atoms with Crippen molar-refractivity contribution < 1.29 is 19.1 Å². The normalized spacial score (nSPS) is 18.8. The van der Waals surface area contributed by atoms with Gasteiger partial charge in [0.15, 0.2) is 0 Å². The Morgan fingerprint density at radius 3 is 2.53 bits per heavy atom. The fourth-order valence-electron chi connectivity index (χ4n) is 4.31. The van der Waals surface area contributed by atoms with E-state index in [1.807, 2.05) is 11.1 Å². The van der Waals surface area contributed by atoms with Gasteiger partial charge in [0.2, 0.25) is 0 Å². The van der Waals surface area contributed by atoms with Crippen LogP contribution in [0.25, 0.3) is 0 Å². The zero-order valence-electron chi connectivity index (χ0n) is 18.9. The molecule has 0 radical (unpaired) electrons. The fraction of sp³-hybridized carbons (Fsp3) is 0.458. The molecule has 2 saturated heterocycles. The molecule has 2 amide bonds. The summed E-state index contributed by atoms with van der Waals surface area (Å²) >= 11 is 0. The summed E-state index contributed by atoms with van der Waals surface area (Å²) in [4.78, 5) is 35.5. The summed E-state index contributed by atoms with van der Waals surface area (Å²) in [5.41, 5.74) is 3.72. The predicted octanol–water partition coefficient (Wildman–Crippen LogP) is 2.89. The van der Waals surface area contributed by atoms with E-state index in [1.54, 1.807) is 36.3 Å². The number of cyclic esters (lactones) is 1. The minimum absolute atomic E-state index is 0.000322. The fourth-order valence-corrected chi connectivity index (χ4v) is 4.31. The van der Waals surface area contributed by atoms with Crippen LogP contribution in [0.2, 0.25) is 0 Å². The second kappa shape index (κ2) is 9.56. The van der Waals surface area contributed by atoms with Gasteiger partial charge in [-0.15, -0.1) is 0 Å². The van der Waals surface area contributed by atoms with Gasteiger partial charge in [-0.25, -0.2) is 9.78 Å². The molecule has 1 unspecified atom stereocenters. The highest BCUT2D eigenvalue weighted by Crippen LogP contribution is 2.25. The van der Waals surface area contributed by atoms with Gasteiger partial charge in [-0.05, 0) is 48.7 Å². The van der Waals surface area contributed by atoms with E-state index in [9.17, 15) is 9.59 Å². The number of piperazine rings is 1. The molecule has 1 aromatic carbocycles. The molecule has 0 spiro atoms. The lowest BCUT2D eigenvalue weighted by molar-refractivity contribution is 0.0746. The second-order valence-electron chi connectivity index (χ2n) is 8.22. The number of benzene rings is 1. The molecule has 2 aliphatic heterocycles. The average Bonchev–Trinajstić information content (AvgIpc) is 3.19. The molecule has 8 nitrogen and oxygen atoms in total. The largest absolute Gasteiger partial charge is 0.447 e. The Bertz CT molecular complexity index is 970. The first-order valence-electron chi connectivity index (χ1n) is 11.1. The number of anilines is 2. The molecule has 2 aliphatic rings. The highest BCUT2D eigenvalue weighted by Gasteiger charge is 2.34. The lowest BCUT2D eigenvalue weighted by Crippen LogP contribution is -2.49. The van der Waals surface area contributed by atoms with Crippen LogP contribution >= 0.6 is 0 Å². The van der Waals surface area contributed by atoms with E-state index in [4.69, 9.17) is 9.47 Å². The number of ether oxygens (including phenoxy) is 2. The van der Waals surface area contributed by atoms with E-state index in [2.05, 4.69) is 29.8 Å². The second-order valence-corrected chi connectivity index (χ2v) is 8.22. The van der Waals surface area contributed by atoms with Crippen LogP contribution in [0, 0.1) is 6.92 Å². The van der Waals surface area contributed by atoms with Crippen molar-refractivity contribution in [3.8, 4) is 0 Å². The van der Waals surface area contributed by atoms with Crippen molar-refractivity contribution >= 4 is 23.5 Å². The first-order chi connectivity index (χ1) is 15.5. The van der Waals surface area contributed by atoms with Crippen LogP contribution in [-0.4, -0.2) is 74.4 Å². The third kappa shape index (κ3) is 4.41. The maximum atomic E-state index is 13.0.